The van der Waals surface area contributed by atoms with Gasteiger partial charge in [-0.25, -0.2) is 4.57 Å². The van der Waals surface area contributed by atoms with Crippen LogP contribution in [-0.2, 0) is 32.7 Å². The Kier molecular flexibility index (Phi) is 46.7. The molecule has 0 saturated carbocycles. The highest BCUT2D eigenvalue weighted by Gasteiger charge is 2.27. The molecule has 3 atom stereocenters. The monoisotopic (exact) mass is 913 g/mol. The van der Waals surface area contributed by atoms with Crippen molar-refractivity contribution in [3.63, 3.8) is 0 Å². The molecule has 63 heavy (non-hydrogen) atoms. The molecule has 0 amide bonds. The largest absolute Gasteiger partial charge is 0.472 e. The second-order valence-electron chi connectivity index (χ2n) is 17.5. The van der Waals surface area contributed by atoms with Crippen molar-refractivity contribution in [2.24, 2.45) is 0 Å². The molecule has 3 N–H and O–H groups in total. The zero-order chi connectivity index (χ0) is 46.2. The second-order valence-corrected chi connectivity index (χ2v) is 19.0. The Balaban J connectivity index is 3.84. The fourth-order valence-electron chi connectivity index (χ4n) is 7.32. The molecule has 0 fully saturated rings. The van der Waals surface area contributed by atoms with Crippen molar-refractivity contribution in [3.05, 3.63) is 36.5 Å². The molecule has 0 aromatic heterocycles. The summed E-state index contributed by atoms with van der Waals surface area (Å²) in [5, 5.41) is 19.3. The number of carbonyl (C=O) groups is 2. The van der Waals surface area contributed by atoms with Crippen LogP contribution in [0.2, 0.25) is 0 Å². The van der Waals surface area contributed by atoms with Crippen molar-refractivity contribution in [3.8, 4) is 0 Å². The number of unbranched alkanes of at least 4 members (excludes halogenated alkanes) is 29. The van der Waals surface area contributed by atoms with E-state index in [2.05, 4.69) is 50.3 Å². The minimum absolute atomic E-state index is 0.188. The summed E-state index contributed by atoms with van der Waals surface area (Å²) in [5.74, 6) is -1.02. The van der Waals surface area contributed by atoms with Crippen LogP contribution in [0.25, 0.3) is 0 Å². The van der Waals surface area contributed by atoms with Crippen molar-refractivity contribution in [1.82, 2.24) is 0 Å². The SMILES string of the molecule is CCCCCCC/C=C\C/C=C\CCCCCCCCCCCC(=O)OC(CO)COP(=O)(O)OCC(CO)OC(=O)CCCCCCCCCCC/C=C\CCCCCCCC. The van der Waals surface area contributed by atoms with Gasteiger partial charge in [-0.2, -0.15) is 0 Å². The molecule has 0 aliphatic rings. The highest BCUT2D eigenvalue weighted by Crippen LogP contribution is 2.43. The second kappa shape index (κ2) is 48.1. The van der Waals surface area contributed by atoms with E-state index in [4.69, 9.17) is 18.5 Å². The summed E-state index contributed by atoms with van der Waals surface area (Å²) in [6.07, 6.45) is 52.6. The molecular formula is C52H97O10P. The first-order valence-electron chi connectivity index (χ1n) is 25.9. The van der Waals surface area contributed by atoms with Gasteiger partial charge in [0, 0.05) is 12.8 Å². The number of rotatable bonds is 49. The predicted molar refractivity (Wildman–Crippen MR) is 261 cm³/mol. The number of ether oxygens (including phenoxy) is 2. The van der Waals surface area contributed by atoms with Gasteiger partial charge < -0.3 is 24.6 Å². The van der Waals surface area contributed by atoms with Gasteiger partial charge in [-0.15, -0.1) is 0 Å². The summed E-state index contributed by atoms with van der Waals surface area (Å²) >= 11 is 0. The highest BCUT2D eigenvalue weighted by molar-refractivity contribution is 7.47. The Hall–Kier alpha value is -1.81. The van der Waals surface area contributed by atoms with E-state index in [1.165, 1.54) is 154 Å². The van der Waals surface area contributed by atoms with E-state index in [1.807, 2.05) is 0 Å². The lowest BCUT2D eigenvalue weighted by atomic mass is 10.1. The Labute approximate surface area is 386 Å². The molecule has 0 spiro atoms. The molecule has 0 aromatic carbocycles. The van der Waals surface area contributed by atoms with Crippen molar-refractivity contribution >= 4 is 19.8 Å². The van der Waals surface area contributed by atoms with E-state index in [1.54, 1.807) is 0 Å². The first-order valence-corrected chi connectivity index (χ1v) is 27.4. The first kappa shape index (κ1) is 61.2. The third kappa shape index (κ3) is 46.5. The molecule has 11 heteroatoms. The fourth-order valence-corrected chi connectivity index (χ4v) is 8.10. The van der Waals surface area contributed by atoms with Crippen LogP contribution in [0.5, 0.6) is 0 Å². The van der Waals surface area contributed by atoms with Gasteiger partial charge in [0.25, 0.3) is 0 Å². The number of aliphatic hydroxyl groups is 2. The maximum atomic E-state index is 12.4. The van der Waals surface area contributed by atoms with Crippen molar-refractivity contribution in [2.75, 3.05) is 26.4 Å². The van der Waals surface area contributed by atoms with Gasteiger partial charge in [-0.1, -0.05) is 198 Å². The normalized spacial score (nSPS) is 13.9. The molecule has 0 aliphatic carbocycles. The minimum Gasteiger partial charge on any atom is -0.457 e. The fraction of sp³-hybridized carbons (Fsp3) is 0.846. The van der Waals surface area contributed by atoms with Crippen LogP contribution in [0.4, 0.5) is 0 Å². The summed E-state index contributed by atoms with van der Waals surface area (Å²) in [4.78, 5) is 34.7. The molecular weight excluding hydrogens is 816 g/mol. The molecule has 0 bridgehead atoms. The number of phosphoric ester groups is 1. The quantitative estimate of drug-likeness (QED) is 0.0233. The van der Waals surface area contributed by atoms with Gasteiger partial charge in [0.05, 0.1) is 26.4 Å². The zero-order valence-corrected chi connectivity index (χ0v) is 41.4. The van der Waals surface area contributed by atoms with E-state index in [-0.39, 0.29) is 12.8 Å². The van der Waals surface area contributed by atoms with Crippen molar-refractivity contribution in [2.45, 2.75) is 257 Å². The van der Waals surface area contributed by atoms with E-state index in [9.17, 15) is 29.3 Å². The van der Waals surface area contributed by atoms with E-state index >= 15 is 0 Å². The van der Waals surface area contributed by atoms with Crippen LogP contribution in [0.15, 0.2) is 36.5 Å². The lowest BCUT2D eigenvalue weighted by Crippen LogP contribution is -2.28. The molecule has 0 rings (SSSR count). The summed E-state index contributed by atoms with van der Waals surface area (Å²) < 4.78 is 32.7. The third-order valence-corrected chi connectivity index (χ3v) is 12.3. The standard InChI is InChI=1S/C52H97O10P/c1-3-5-7-9-11-13-15-17-19-21-23-24-26-28-30-32-34-36-38-40-42-44-52(56)62-50(46-54)48-60-63(57,58)59-47-49(45-53)61-51(55)43-41-39-37-35-33-31-29-27-25-22-20-18-16-14-12-10-8-6-4-2/h15,17-18,20-21,23,49-50,53-54H,3-14,16,19,22,24-48H2,1-2H3,(H,57,58)/b17-15-,20-18-,23-21-. The van der Waals surface area contributed by atoms with Gasteiger partial charge >= 0.3 is 19.8 Å². The highest BCUT2D eigenvalue weighted by atomic mass is 31.2. The Morgan fingerprint density at radius 3 is 1.00 bits per heavy atom. The molecule has 0 radical (unpaired) electrons. The smallest absolute Gasteiger partial charge is 0.457 e. The Morgan fingerprint density at radius 2 is 0.698 bits per heavy atom. The van der Waals surface area contributed by atoms with Crippen LogP contribution in [-0.4, -0.2) is 65.7 Å². The average molecular weight is 913 g/mol. The molecule has 3 unspecified atom stereocenters. The van der Waals surface area contributed by atoms with Gasteiger partial charge in [-0.3, -0.25) is 18.6 Å². The summed E-state index contributed by atoms with van der Waals surface area (Å²) in [7, 11) is -4.64. The van der Waals surface area contributed by atoms with Gasteiger partial charge in [0.15, 0.2) is 0 Å². The molecule has 0 aromatic rings. The van der Waals surface area contributed by atoms with E-state index in [0.29, 0.717) is 12.8 Å². The van der Waals surface area contributed by atoms with Crippen LogP contribution in [0, 0.1) is 0 Å². The molecule has 0 aliphatic heterocycles. The maximum Gasteiger partial charge on any atom is 0.472 e. The number of carbonyl (C=O) groups excluding carboxylic acids is 2. The Morgan fingerprint density at radius 1 is 0.429 bits per heavy atom. The first-order chi connectivity index (χ1) is 30.8. The summed E-state index contributed by atoms with van der Waals surface area (Å²) in [5.41, 5.74) is 0. The number of hydrogen-bond acceptors (Lipinski definition) is 9. The Bertz CT molecular complexity index is 1140. The molecule has 10 nitrogen and oxygen atoms in total. The van der Waals surface area contributed by atoms with Crippen molar-refractivity contribution in [1.29, 1.82) is 0 Å². The average Bonchev–Trinajstić information content (AvgIpc) is 3.27. The summed E-state index contributed by atoms with van der Waals surface area (Å²) in [6.45, 7) is 2.23. The van der Waals surface area contributed by atoms with Crippen LogP contribution in [0.3, 0.4) is 0 Å². The predicted octanol–water partition coefficient (Wildman–Crippen LogP) is 14.7. The minimum atomic E-state index is -4.64. The van der Waals surface area contributed by atoms with Crippen LogP contribution < -0.4 is 0 Å². The van der Waals surface area contributed by atoms with Crippen molar-refractivity contribution < 1.29 is 47.8 Å². The molecule has 0 heterocycles. The summed E-state index contributed by atoms with van der Waals surface area (Å²) in [6, 6.07) is 0. The third-order valence-electron chi connectivity index (χ3n) is 11.3. The lowest BCUT2D eigenvalue weighted by Gasteiger charge is -2.20. The molecule has 0 saturated heterocycles. The van der Waals surface area contributed by atoms with E-state index < -0.39 is 58.4 Å². The van der Waals surface area contributed by atoms with Gasteiger partial charge in [-0.05, 0) is 70.6 Å². The number of esters is 2. The molecule has 370 valence electrons. The van der Waals surface area contributed by atoms with Gasteiger partial charge in [0.1, 0.15) is 12.2 Å². The lowest BCUT2D eigenvalue weighted by molar-refractivity contribution is -0.153. The van der Waals surface area contributed by atoms with E-state index in [0.717, 1.165) is 51.4 Å². The number of allylic oxidation sites excluding steroid dienone is 6. The van der Waals surface area contributed by atoms with Crippen LogP contribution >= 0.6 is 7.82 Å². The number of aliphatic hydroxyl groups excluding tert-OH is 2. The number of phosphoric acid groups is 1. The maximum absolute atomic E-state index is 12.4. The van der Waals surface area contributed by atoms with Crippen LogP contribution in [0.1, 0.15) is 245 Å². The zero-order valence-electron chi connectivity index (χ0n) is 40.5. The number of hydrogen-bond donors (Lipinski definition) is 3. The topological polar surface area (TPSA) is 149 Å². The van der Waals surface area contributed by atoms with Gasteiger partial charge in [0.2, 0.25) is 0 Å².